The number of aliphatic carboxylic acids is 1. The number of hydrogen-bond acceptors (Lipinski definition) is 4. The minimum atomic E-state index is -3.47. The summed E-state index contributed by atoms with van der Waals surface area (Å²) < 4.78 is 23.8. The molecule has 0 radical (unpaired) electrons. The lowest BCUT2D eigenvalue weighted by molar-refractivity contribution is -0.148. The molecule has 1 aliphatic carbocycles. The lowest BCUT2D eigenvalue weighted by Gasteiger charge is -2.29. The lowest BCUT2D eigenvalue weighted by Crippen LogP contribution is -2.55. The van der Waals surface area contributed by atoms with Crippen LogP contribution in [0, 0.1) is 0 Å². The molecular formula is C15H27NO5S. The Morgan fingerprint density at radius 2 is 1.68 bits per heavy atom. The molecule has 1 saturated carbocycles. The molecule has 7 heteroatoms. The van der Waals surface area contributed by atoms with Crippen LogP contribution in [-0.4, -0.2) is 42.4 Å². The van der Waals surface area contributed by atoms with Crippen molar-refractivity contribution in [2.45, 2.75) is 70.3 Å². The number of carbonyl (C=O) groups excluding carboxylic acids is 1. The maximum atomic E-state index is 12.0. The van der Waals surface area contributed by atoms with Gasteiger partial charge in [-0.3, -0.25) is 4.79 Å². The Hall–Kier alpha value is -1.11. The average molecular weight is 333 g/mol. The quantitative estimate of drug-likeness (QED) is 0.522. The van der Waals surface area contributed by atoms with Crippen molar-refractivity contribution >= 4 is 21.7 Å². The lowest BCUT2D eigenvalue weighted by atomic mass is 9.90. The van der Waals surface area contributed by atoms with Gasteiger partial charge in [0.05, 0.1) is 5.75 Å². The van der Waals surface area contributed by atoms with Crippen molar-refractivity contribution in [2.75, 3.05) is 11.5 Å². The molecule has 0 saturated heterocycles. The van der Waals surface area contributed by atoms with Gasteiger partial charge in [-0.25, -0.2) is 13.2 Å². The van der Waals surface area contributed by atoms with Crippen molar-refractivity contribution in [1.82, 2.24) is 5.32 Å². The van der Waals surface area contributed by atoms with Crippen LogP contribution in [0.1, 0.15) is 64.7 Å². The van der Waals surface area contributed by atoms with Gasteiger partial charge in [-0.15, -0.1) is 0 Å². The van der Waals surface area contributed by atoms with Crippen LogP contribution in [0.2, 0.25) is 0 Å². The summed E-state index contributed by atoms with van der Waals surface area (Å²) >= 11 is 0. The van der Waals surface area contributed by atoms with Crippen LogP contribution in [0.15, 0.2) is 0 Å². The van der Waals surface area contributed by atoms with Gasteiger partial charge in [0.15, 0.2) is 9.84 Å². The molecule has 0 aromatic rings. The van der Waals surface area contributed by atoms with Crippen LogP contribution in [-0.2, 0) is 19.4 Å². The molecular weight excluding hydrogens is 306 g/mol. The fourth-order valence-corrected chi connectivity index (χ4v) is 4.13. The second kappa shape index (κ2) is 8.50. The highest BCUT2D eigenvalue weighted by molar-refractivity contribution is 7.92. The van der Waals surface area contributed by atoms with Crippen molar-refractivity contribution < 1.29 is 23.1 Å². The van der Waals surface area contributed by atoms with Crippen LogP contribution >= 0.6 is 0 Å². The van der Waals surface area contributed by atoms with Gasteiger partial charge in [-0.2, -0.15) is 0 Å². The molecule has 0 aliphatic heterocycles. The molecule has 0 atom stereocenters. The van der Waals surface area contributed by atoms with E-state index in [4.69, 9.17) is 0 Å². The predicted molar refractivity (Wildman–Crippen MR) is 84.4 cm³/mol. The smallest absolute Gasteiger partial charge is 0.329 e. The zero-order valence-corrected chi connectivity index (χ0v) is 14.1. The Bertz CT molecular complexity index is 478. The highest BCUT2D eigenvalue weighted by atomic mass is 32.2. The molecule has 128 valence electrons. The van der Waals surface area contributed by atoms with E-state index in [1.165, 1.54) is 0 Å². The number of carbonyl (C=O) groups is 2. The van der Waals surface area contributed by atoms with Crippen LogP contribution in [0.3, 0.4) is 0 Å². The first kappa shape index (κ1) is 18.9. The van der Waals surface area contributed by atoms with Gasteiger partial charge in [0.25, 0.3) is 0 Å². The molecule has 1 amide bonds. The molecule has 0 unspecified atom stereocenters. The molecule has 0 aromatic carbocycles. The summed E-state index contributed by atoms with van der Waals surface area (Å²) in [5, 5.41) is 12.0. The SMILES string of the molecule is CCCCCS(=O)(=O)CC(=O)NC1(C(=O)O)CCCCCC1. The summed E-state index contributed by atoms with van der Waals surface area (Å²) in [5.41, 5.74) is -1.30. The fourth-order valence-electron chi connectivity index (χ4n) is 2.87. The maximum Gasteiger partial charge on any atom is 0.329 e. The number of hydrogen-bond donors (Lipinski definition) is 2. The standard InChI is InChI=1S/C15H27NO5S/c1-2-3-8-11-22(20,21)12-13(17)16-15(14(18)19)9-6-4-5-7-10-15/h2-12H2,1H3,(H,16,17)(H,18,19). The second-order valence-electron chi connectivity index (χ2n) is 6.15. The summed E-state index contributed by atoms with van der Waals surface area (Å²) in [6.07, 6.45) is 6.33. The second-order valence-corrected chi connectivity index (χ2v) is 8.33. The van der Waals surface area contributed by atoms with Crippen LogP contribution in [0.4, 0.5) is 0 Å². The third-order valence-electron chi connectivity index (χ3n) is 4.16. The number of amides is 1. The molecule has 1 aliphatic rings. The van der Waals surface area contributed by atoms with Gasteiger partial charge in [0.1, 0.15) is 11.3 Å². The molecule has 1 rings (SSSR count). The Labute approximate surface area is 132 Å². The Morgan fingerprint density at radius 3 is 2.18 bits per heavy atom. The van der Waals surface area contributed by atoms with Gasteiger partial charge in [-0.1, -0.05) is 45.4 Å². The van der Waals surface area contributed by atoms with Crippen molar-refractivity contribution in [2.24, 2.45) is 0 Å². The molecule has 22 heavy (non-hydrogen) atoms. The highest BCUT2D eigenvalue weighted by Gasteiger charge is 2.40. The normalized spacial score (nSPS) is 18.4. The summed E-state index contributed by atoms with van der Waals surface area (Å²) in [7, 11) is -3.47. The first-order chi connectivity index (χ1) is 10.3. The van der Waals surface area contributed by atoms with E-state index in [1.807, 2.05) is 6.92 Å². The number of unbranched alkanes of at least 4 members (excludes halogenated alkanes) is 2. The first-order valence-corrected chi connectivity index (χ1v) is 9.88. The minimum Gasteiger partial charge on any atom is -0.480 e. The first-order valence-electron chi connectivity index (χ1n) is 8.06. The Morgan fingerprint density at radius 1 is 1.09 bits per heavy atom. The van der Waals surface area contributed by atoms with Gasteiger partial charge in [0.2, 0.25) is 5.91 Å². The largest absolute Gasteiger partial charge is 0.480 e. The third-order valence-corrected chi connectivity index (χ3v) is 5.77. The monoisotopic (exact) mass is 333 g/mol. The van der Waals surface area contributed by atoms with E-state index in [0.717, 1.165) is 38.5 Å². The number of carboxylic acid groups (broad SMARTS) is 1. The van der Waals surface area contributed by atoms with E-state index < -0.39 is 33.0 Å². The van der Waals surface area contributed by atoms with Gasteiger partial charge in [-0.05, 0) is 19.3 Å². The van der Waals surface area contributed by atoms with Crippen LogP contribution in [0.25, 0.3) is 0 Å². The van der Waals surface area contributed by atoms with E-state index in [2.05, 4.69) is 5.32 Å². The van der Waals surface area contributed by atoms with Gasteiger partial charge >= 0.3 is 5.97 Å². The fraction of sp³-hybridized carbons (Fsp3) is 0.867. The summed E-state index contributed by atoms with van der Waals surface area (Å²) in [6, 6.07) is 0. The van der Waals surface area contributed by atoms with Crippen molar-refractivity contribution in [1.29, 1.82) is 0 Å². The van der Waals surface area contributed by atoms with E-state index in [1.54, 1.807) is 0 Å². The van der Waals surface area contributed by atoms with Crippen molar-refractivity contribution in [3.05, 3.63) is 0 Å². The van der Waals surface area contributed by atoms with E-state index in [9.17, 15) is 23.1 Å². The number of rotatable bonds is 8. The molecule has 1 fully saturated rings. The summed E-state index contributed by atoms with van der Waals surface area (Å²) in [5.74, 6) is -2.40. The highest BCUT2D eigenvalue weighted by Crippen LogP contribution is 2.27. The molecule has 0 heterocycles. The molecule has 0 aromatic heterocycles. The van der Waals surface area contributed by atoms with Crippen LogP contribution in [0.5, 0.6) is 0 Å². The number of sulfone groups is 1. The number of carboxylic acids is 1. The van der Waals surface area contributed by atoms with E-state index in [-0.39, 0.29) is 5.75 Å². The average Bonchev–Trinajstić information content (AvgIpc) is 2.64. The van der Waals surface area contributed by atoms with Gasteiger partial charge in [0, 0.05) is 0 Å². The van der Waals surface area contributed by atoms with Gasteiger partial charge < -0.3 is 10.4 Å². The molecule has 6 nitrogen and oxygen atoms in total. The number of nitrogens with one attached hydrogen (secondary N) is 1. The third kappa shape index (κ3) is 5.94. The Kier molecular flexibility index (Phi) is 7.32. The summed E-state index contributed by atoms with van der Waals surface area (Å²) in [6.45, 7) is 1.97. The summed E-state index contributed by atoms with van der Waals surface area (Å²) in [4.78, 5) is 23.6. The molecule has 0 spiro atoms. The van der Waals surface area contributed by atoms with E-state index in [0.29, 0.717) is 19.3 Å². The molecule has 0 bridgehead atoms. The minimum absolute atomic E-state index is 0.0195. The van der Waals surface area contributed by atoms with E-state index >= 15 is 0 Å². The van der Waals surface area contributed by atoms with Crippen LogP contribution < -0.4 is 5.32 Å². The zero-order chi connectivity index (χ0) is 16.6. The Balaban J connectivity index is 2.65. The zero-order valence-electron chi connectivity index (χ0n) is 13.3. The predicted octanol–water partition coefficient (Wildman–Crippen LogP) is 1.89. The van der Waals surface area contributed by atoms with Crippen molar-refractivity contribution in [3.63, 3.8) is 0 Å². The molecule has 2 N–H and O–H groups in total. The topological polar surface area (TPSA) is 101 Å². The van der Waals surface area contributed by atoms with Crippen molar-refractivity contribution in [3.8, 4) is 0 Å². The maximum absolute atomic E-state index is 12.0.